The minimum atomic E-state index is -0.108. The molecule has 6 nitrogen and oxygen atoms in total. The van der Waals surface area contributed by atoms with Gasteiger partial charge in [-0.25, -0.2) is 9.97 Å². The molecule has 0 aliphatic carbocycles. The first-order valence-electron chi connectivity index (χ1n) is 8.07. The minimum Gasteiger partial charge on any atom is -0.497 e. The average Bonchev–Trinajstić information content (AvgIpc) is 3.10. The molecule has 26 heavy (non-hydrogen) atoms. The van der Waals surface area contributed by atoms with Crippen LogP contribution in [0.25, 0.3) is 11.3 Å². The molecule has 0 spiro atoms. The van der Waals surface area contributed by atoms with Gasteiger partial charge < -0.3 is 15.0 Å². The molecular weight excluding hydrogens is 348 g/mol. The predicted molar refractivity (Wildman–Crippen MR) is 105 cm³/mol. The van der Waals surface area contributed by atoms with E-state index in [0.717, 1.165) is 28.4 Å². The van der Waals surface area contributed by atoms with Gasteiger partial charge in [0.05, 0.1) is 19.2 Å². The molecular formula is C19H20N4O2S. The average molecular weight is 368 g/mol. The normalized spacial score (nSPS) is 10.4. The number of pyridine rings is 1. The van der Waals surface area contributed by atoms with Crippen LogP contribution >= 0.6 is 11.3 Å². The van der Waals surface area contributed by atoms with Crippen LogP contribution in [0.4, 0.5) is 10.9 Å². The SMILES string of the molecule is COc1cccc(CC(=O)Nc2nc(-c3ccnc(N(C)C)c3)cs2)c1. The molecule has 1 amide bonds. The maximum absolute atomic E-state index is 12.3. The molecule has 1 aromatic carbocycles. The molecule has 3 aromatic rings. The Bertz CT molecular complexity index is 908. The maximum Gasteiger partial charge on any atom is 0.230 e. The van der Waals surface area contributed by atoms with Crippen LogP contribution in [0.3, 0.4) is 0 Å². The third-order valence-electron chi connectivity index (χ3n) is 3.75. The summed E-state index contributed by atoms with van der Waals surface area (Å²) in [6.45, 7) is 0. The highest BCUT2D eigenvalue weighted by Crippen LogP contribution is 2.26. The molecule has 0 saturated heterocycles. The van der Waals surface area contributed by atoms with E-state index in [4.69, 9.17) is 4.74 Å². The number of thiazole rings is 1. The standard InChI is InChI=1S/C19H20N4O2S/c1-23(2)17-11-14(7-8-20-17)16-12-26-19(21-16)22-18(24)10-13-5-4-6-15(9-13)25-3/h4-9,11-12H,10H2,1-3H3,(H,21,22,24). The fourth-order valence-corrected chi connectivity index (χ4v) is 3.15. The van der Waals surface area contributed by atoms with Crippen molar-refractivity contribution >= 4 is 28.2 Å². The third-order valence-corrected chi connectivity index (χ3v) is 4.51. The Morgan fingerprint density at radius 2 is 2.12 bits per heavy atom. The number of carbonyl (C=O) groups is 1. The quantitative estimate of drug-likeness (QED) is 0.722. The van der Waals surface area contributed by atoms with Crippen molar-refractivity contribution in [3.63, 3.8) is 0 Å². The number of nitrogens with one attached hydrogen (secondary N) is 1. The number of carbonyl (C=O) groups excluding carboxylic acids is 1. The van der Waals surface area contributed by atoms with Crippen LogP contribution in [0.1, 0.15) is 5.56 Å². The van der Waals surface area contributed by atoms with Crippen LogP contribution in [-0.2, 0) is 11.2 Å². The van der Waals surface area contributed by atoms with Gasteiger partial charge in [-0.2, -0.15) is 0 Å². The zero-order valence-electron chi connectivity index (χ0n) is 14.9. The van der Waals surface area contributed by atoms with E-state index in [2.05, 4.69) is 15.3 Å². The summed E-state index contributed by atoms with van der Waals surface area (Å²) < 4.78 is 5.18. The number of rotatable bonds is 6. The molecule has 0 radical (unpaired) electrons. The molecule has 0 bridgehead atoms. The van der Waals surface area contributed by atoms with Gasteiger partial charge in [0.2, 0.25) is 5.91 Å². The van der Waals surface area contributed by atoms with Crippen molar-refractivity contribution in [3.05, 3.63) is 53.5 Å². The van der Waals surface area contributed by atoms with E-state index in [0.29, 0.717) is 5.13 Å². The first-order valence-corrected chi connectivity index (χ1v) is 8.95. The molecule has 0 atom stereocenters. The number of methoxy groups -OCH3 is 1. The monoisotopic (exact) mass is 368 g/mol. The number of ether oxygens (including phenoxy) is 1. The smallest absolute Gasteiger partial charge is 0.230 e. The maximum atomic E-state index is 12.3. The second-order valence-electron chi connectivity index (χ2n) is 5.91. The molecule has 0 aliphatic heterocycles. The molecule has 7 heteroatoms. The van der Waals surface area contributed by atoms with Crippen LogP contribution in [0.15, 0.2) is 48.0 Å². The molecule has 0 aliphatic rings. The summed E-state index contributed by atoms with van der Waals surface area (Å²) in [4.78, 5) is 23.0. The number of benzene rings is 1. The van der Waals surface area contributed by atoms with Crippen molar-refractivity contribution in [2.24, 2.45) is 0 Å². The third kappa shape index (κ3) is 4.37. The fraction of sp³-hybridized carbons (Fsp3) is 0.211. The van der Waals surface area contributed by atoms with Crippen LogP contribution in [0.5, 0.6) is 5.75 Å². The molecule has 2 aromatic heterocycles. The molecule has 134 valence electrons. The van der Waals surface area contributed by atoms with Crippen molar-refractivity contribution in [2.75, 3.05) is 31.4 Å². The van der Waals surface area contributed by atoms with E-state index in [-0.39, 0.29) is 12.3 Å². The lowest BCUT2D eigenvalue weighted by atomic mass is 10.1. The topological polar surface area (TPSA) is 67.3 Å². The van der Waals surface area contributed by atoms with Gasteiger partial charge in [0.25, 0.3) is 0 Å². The van der Waals surface area contributed by atoms with Gasteiger partial charge >= 0.3 is 0 Å². The van der Waals surface area contributed by atoms with Gasteiger partial charge in [-0.15, -0.1) is 11.3 Å². The molecule has 1 N–H and O–H groups in total. The number of nitrogens with zero attached hydrogens (tertiary/aromatic N) is 3. The van der Waals surface area contributed by atoms with Gasteiger partial charge in [0.1, 0.15) is 11.6 Å². The number of aromatic nitrogens is 2. The summed E-state index contributed by atoms with van der Waals surface area (Å²) in [7, 11) is 5.49. The lowest BCUT2D eigenvalue weighted by Crippen LogP contribution is -2.14. The van der Waals surface area contributed by atoms with Crippen LogP contribution in [0.2, 0.25) is 0 Å². The van der Waals surface area contributed by atoms with Crippen LogP contribution in [-0.4, -0.2) is 37.1 Å². The van der Waals surface area contributed by atoms with Crippen molar-refractivity contribution in [2.45, 2.75) is 6.42 Å². The summed E-state index contributed by atoms with van der Waals surface area (Å²) in [5, 5.41) is 5.36. The molecule has 3 rings (SSSR count). The lowest BCUT2D eigenvalue weighted by molar-refractivity contribution is -0.115. The van der Waals surface area contributed by atoms with Gasteiger partial charge in [-0.1, -0.05) is 12.1 Å². The Morgan fingerprint density at radius 3 is 2.88 bits per heavy atom. The summed E-state index contributed by atoms with van der Waals surface area (Å²) in [6, 6.07) is 11.3. The summed E-state index contributed by atoms with van der Waals surface area (Å²) in [5.74, 6) is 1.49. The summed E-state index contributed by atoms with van der Waals surface area (Å²) in [6.07, 6.45) is 2.03. The van der Waals surface area contributed by atoms with Gasteiger partial charge in [0, 0.05) is 31.2 Å². The Hall–Kier alpha value is -2.93. The van der Waals surface area contributed by atoms with E-state index < -0.39 is 0 Å². The number of amides is 1. The van der Waals surface area contributed by atoms with E-state index >= 15 is 0 Å². The first-order chi connectivity index (χ1) is 12.5. The fourth-order valence-electron chi connectivity index (χ4n) is 2.42. The second-order valence-corrected chi connectivity index (χ2v) is 6.77. The molecule has 0 saturated carbocycles. The predicted octanol–water partition coefficient (Wildman–Crippen LogP) is 3.46. The van der Waals surface area contributed by atoms with Gasteiger partial charge in [-0.3, -0.25) is 4.79 Å². The zero-order chi connectivity index (χ0) is 18.5. The summed E-state index contributed by atoms with van der Waals surface area (Å²) >= 11 is 1.40. The van der Waals surface area contributed by atoms with Gasteiger partial charge in [0.15, 0.2) is 5.13 Å². The van der Waals surface area contributed by atoms with Crippen molar-refractivity contribution in [1.82, 2.24) is 9.97 Å². The lowest BCUT2D eigenvalue weighted by Gasteiger charge is -2.11. The minimum absolute atomic E-state index is 0.108. The number of hydrogen-bond acceptors (Lipinski definition) is 6. The van der Waals surface area contributed by atoms with Crippen LogP contribution < -0.4 is 15.0 Å². The van der Waals surface area contributed by atoms with Crippen molar-refractivity contribution in [1.29, 1.82) is 0 Å². The molecule has 0 fully saturated rings. The number of anilines is 2. The largest absolute Gasteiger partial charge is 0.497 e. The van der Waals surface area contributed by atoms with Crippen molar-refractivity contribution in [3.8, 4) is 17.0 Å². The first kappa shape index (κ1) is 17.9. The van der Waals surface area contributed by atoms with E-state index in [1.807, 2.05) is 60.8 Å². The highest BCUT2D eigenvalue weighted by Gasteiger charge is 2.10. The Balaban J connectivity index is 1.68. The highest BCUT2D eigenvalue weighted by molar-refractivity contribution is 7.14. The number of hydrogen-bond donors (Lipinski definition) is 1. The molecule has 2 heterocycles. The Kier molecular flexibility index (Phi) is 5.48. The zero-order valence-corrected chi connectivity index (χ0v) is 15.7. The van der Waals surface area contributed by atoms with E-state index in [1.165, 1.54) is 11.3 Å². The molecule has 0 unspecified atom stereocenters. The Morgan fingerprint density at radius 1 is 1.27 bits per heavy atom. The summed E-state index contributed by atoms with van der Waals surface area (Å²) in [5.41, 5.74) is 2.67. The second kappa shape index (κ2) is 7.97. The Labute approximate surface area is 156 Å². The van der Waals surface area contributed by atoms with Gasteiger partial charge in [-0.05, 0) is 29.8 Å². The van der Waals surface area contributed by atoms with E-state index in [9.17, 15) is 4.79 Å². The van der Waals surface area contributed by atoms with Crippen molar-refractivity contribution < 1.29 is 9.53 Å². The van der Waals surface area contributed by atoms with E-state index in [1.54, 1.807) is 13.3 Å². The highest BCUT2D eigenvalue weighted by atomic mass is 32.1. The van der Waals surface area contributed by atoms with Crippen LogP contribution in [0, 0.1) is 0 Å².